The summed E-state index contributed by atoms with van der Waals surface area (Å²) in [5.41, 5.74) is 1.14. The molecule has 0 radical (unpaired) electrons. The van der Waals surface area contributed by atoms with Gasteiger partial charge in [0.2, 0.25) is 0 Å². The smallest absolute Gasteiger partial charge is 0.416 e. The van der Waals surface area contributed by atoms with Crippen molar-refractivity contribution >= 4 is 17.5 Å². The second-order valence-electron chi connectivity index (χ2n) is 8.59. The van der Waals surface area contributed by atoms with Crippen molar-refractivity contribution < 1.29 is 27.8 Å². The van der Waals surface area contributed by atoms with Gasteiger partial charge in [-0.25, -0.2) is 9.78 Å². The van der Waals surface area contributed by atoms with Crippen molar-refractivity contribution in [2.45, 2.75) is 38.9 Å². The zero-order valence-corrected chi connectivity index (χ0v) is 18.9. The van der Waals surface area contributed by atoms with E-state index in [1.165, 1.54) is 29.2 Å². The number of aromatic nitrogens is 2. The van der Waals surface area contributed by atoms with Crippen LogP contribution in [-0.4, -0.2) is 45.0 Å². The number of carboxylic acid groups (broad SMARTS) is 1. The molecule has 0 bridgehead atoms. The zero-order valence-electron chi connectivity index (χ0n) is 18.1. The predicted molar refractivity (Wildman–Crippen MR) is 117 cm³/mol. The van der Waals surface area contributed by atoms with E-state index in [1.54, 1.807) is 0 Å². The highest BCUT2D eigenvalue weighted by Crippen LogP contribution is 2.43. The standard InChI is InChI=1S/C23H24F3N3O3S/c1-22-8-6-18(32-14-20(30)31)12-17(22)7-10-29(11-9-22)13-19-27-21(28-33-19)15-2-4-16(5-3-15)23(24,25)26/h2-6,12H,7-11,13-14H2,1H3,(H,30,31). The Kier molecular flexibility index (Phi) is 6.58. The third-order valence-corrected chi connectivity index (χ3v) is 6.88. The molecule has 176 valence electrons. The van der Waals surface area contributed by atoms with Gasteiger partial charge in [-0.3, -0.25) is 4.90 Å². The molecule has 2 heterocycles. The van der Waals surface area contributed by atoms with Gasteiger partial charge in [-0.2, -0.15) is 17.5 Å². The Hall–Kier alpha value is -2.72. The SMILES string of the molecule is CC12CC=C(OCC(=O)O)C=C1CCN(Cc1nc(-c3ccc(C(F)(F)F)cc3)ns1)CC2. The predicted octanol–water partition coefficient (Wildman–Crippen LogP) is 5.14. The van der Waals surface area contributed by atoms with Crippen LogP contribution >= 0.6 is 11.5 Å². The molecule has 10 heteroatoms. The van der Waals surface area contributed by atoms with Crippen LogP contribution in [-0.2, 0) is 22.3 Å². The van der Waals surface area contributed by atoms with Gasteiger partial charge in [0.25, 0.3) is 0 Å². The highest BCUT2D eigenvalue weighted by atomic mass is 32.1. The Labute approximate surface area is 193 Å². The van der Waals surface area contributed by atoms with E-state index >= 15 is 0 Å². The lowest BCUT2D eigenvalue weighted by molar-refractivity contribution is -0.140. The average Bonchev–Trinajstić information content (AvgIpc) is 3.17. The summed E-state index contributed by atoms with van der Waals surface area (Å²) in [5, 5.41) is 9.65. The van der Waals surface area contributed by atoms with E-state index in [2.05, 4.69) is 21.2 Å². The van der Waals surface area contributed by atoms with Gasteiger partial charge < -0.3 is 9.84 Å². The van der Waals surface area contributed by atoms with E-state index in [4.69, 9.17) is 9.84 Å². The molecular weight excluding hydrogens is 455 g/mol. The number of benzene rings is 1. The van der Waals surface area contributed by atoms with Gasteiger partial charge in [0, 0.05) is 12.1 Å². The number of rotatable bonds is 6. The van der Waals surface area contributed by atoms with Gasteiger partial charge in [-0.15, -0.1) is 0 Å². The van der Waals surface area contributed by atoms with Crippen molar-refractivity contribution in [2.75, 3.05) is 19.7 Å². The normalized spacial score (nSPS) is 21.6. The first kappa shape index (κ1) is 23.4. The lowest BCUT2D eigenvalue weighted by atomic mass is 9.73. The summed E-state index contributed by atoms with van der Waals surface area (Å²) < 4.78 is 48.0. The van der Waals surface area contributed by atoms with Gasteiger partial charge in [0.15, 0.2) is 12.4 Å². The van der Waals surface area contributed by atoms with Crippen LogP contribution in [0.1, 0.15) is 36.8 Å². The fourth-order valence-corrected chi connectivity index (χ4v) is 4.84. The van der Waals surface area contributed by atoms with E-state index in [0.717, 1.165) is 49.5 Å². The summed E-state index contributed by atoms with van der Waals surface area (Å²) in [7, 11) is 0. The quantitative estimate of drug-likeness (QED) is 0.618. The maximum Gasteiger partial charge on any atom is 0.416 e. The summed E-state index contributed by atoms with van der Waals surface area (Å²) >= 11 is 1.26. The minimum atomic E-state index is -4.37. The summed E-state index contributed by atoms with van der Waals surface area (Å²) in [6, 6.07) is 4.89. The molecule has 0 amide bonds. The second kappa shape index (κ2) is 9.26. The van der Waals surface area contributed by atoms with Crippen LogP contribution in [0.2, 0.25) is 0 Å². The van der Waals surface area contributed by atoms with Crippen LogP contribution in [0.5, 0.6) is 0 Å². The summed E-state index contributed by atoms with van der Waals surface area (Å²) in [4.78, 5) is 17.6. The molecule has 1 aliphatic heterocycles. The molecule has 1 fully saturated rings. The van der Waals surface area contributed by atoms with Crippen molar-refractivity contribution in [3.8, 4) is 11.4 Å². The first-order chi connectivity index (χ1) is 15.6. The Morgan fingerprint density at radius 1 is 1.27 bits per heavy atom. The Morgan fingerprint density at radius 3 is 2.73 bits per heavy atom. The molecule has 1 aliphatic carbocycles. The Bertz CT molecular complexity index is 1080. The number of nitrogens with zero attached hydrogens (tertiary/aromatic N) is 3. The molecule has 1 N–H and O–H groups in total. The number of fused-ring (bicyclic) bond motifs is 1. The van der Waals surface area contributed by atoms with Crippen LogP contribution in [0.15, 0.2) is 47.7 Å². The molecule has 4 rings (SSSR count). The molecule has 1 atom stereocenters. The molecule has 2 aromatic rings. The van der Waals surface area contributed by atoms with E-state index in [9.17, 15) is 18.0 Å². The molecule has 1 aromatic heterocycles. The molecular formula is C23H24F3N3O3S. The van der Waals surface area contributed by atoms with E-state index in [1.807, 2.05) is 12.2 Å². The Morgan fingerprint density at radius 2 is 2.03 bits per heavy atom. The van der Waals surface area contributed by atoms with Crippen LogP contribution in [0.3, 0.4) is 0 Å². The first-order valence-corrected chi connectivity index (χ1v) is 11.4. The molecule has 0 saturated carbocycles. The minimum Gasteiger partial charge on any atom is -0.482 e. The Balaban J connectivity index is 1.39. The van der Waals surface area contributed by atoms with Gasteiger partial charge in [0.1, 0.15) is 10.8 Å². The number of hydrogen-bond donors (Lipinski definition) is 1. The second-order valence-corrected chi connectivity index (χ2v) is 9.42. The number of ether oxygens (including phenoxy) is 1. The lowest BCUT2D eigenvalue weighted by Gasteiger charge is -2.33. The van der Waals surface area contributed by atoms with Gasteiger partial charge in [0.05, 0.1) is 12.1 Å². The third-order valence-electron chi connectivity index (χ3n) is 6.18. The molecule has 1 unspecified atom stereocenters. The number of likely N-dealkylation sites (tertiary alicyclic amines) is 1. The van der Waals surface area contributed by atoms with Gasteiger partial charge in [-0.1, -0.05) is 24.6 Å². The molecule has 2 aliphatic rings. The minimum absolute atomic E-state index is 0.0113. The first-order valence-electron chi connectivity index (χ1n) is 10.6. The number of alkyl halides is 3. The van der Waals surface area contributed by atoms with Gasteiger partial charge in [-0.05, 0) is 67.0 Å². The van der Waals surface area contributed by atoms with E-state index < -0.39 is 17.7 Å². The maximum absolute atomic E-state index is 12.8. The largest absolute Gasteiger partial charge is 0.482 e. The van der Waals surface area contributed by atoms with Gasteiger partial charge >= 0.3 is 12.1 Å². The summed E-state index contributed by atoms with van der Waals surface area (Å²) in [6.07, 6.45) is 2.17. The monoisotopic (exact) mass is 479 g/mol. The van der Waals surface area contributed by atoms with Crippen LogP contribution in [0, 0.1) is 5.41 Å². The van der Waals surface area contributed by atoms with Crippen molar-refractivity contribution in [2.24, 2.45) is 5.41 Å². The van der Waals surface area contributed by atoms with Crippen LogP contribution < -0.4 is 0 Å². The molecule has 1 aromatic carbocycles. The van der Waals surface area contributed by atoms with Crippen molar-refractivity contribution in [1.82, 2.24) is 14.3 Å². The molecule has 33 heavy (non-hydrogen) atoms. The highest BCUT2D eigenvalue weighted by molar-refractivity contribution is 7.05. The topological polar surface area (TPSA) is 75.6 Å². The third kappa shape index (κ3) is 5.62. The number of allylic oxidation sites excluding steroid dienone is 2. The molecule has 6 nitrogen and oxygen atoms in total. The average molecular weight is 480 g/mol. The van der Waals surface area contributed by atoms with Crippen LogP contribution in [0.25, 0.3) is 11.4 Å². The number of halogens is 3. The summed E-state index contributed by atoms with van der Waals surface area (Å²) in [5.74, 6) is 0.0531. The van der Waals surface area contributed by atoms with Crippen molar-refractivity contribution in [1.29, 1.82) is 0 Å². The van der Waals surface area contributed by atoms with Crippen molar-refractivity contribution in [3.05, 3.63) is 58.3 Å². The highest BCUT2D eigenvalue weighted by Gasteiger charge is 2.34. The van der Waals surface area contributed by atoms with E-state index in [0.29, 0.717) is 23.7 Å². The lowest BCUT2D eigenvalue weighted by Crippen LogP contribution is -2.26. The van der Waals surface area contributed by atoms with Crippen LogP contribution in [0.4, 0.5) is 13.2 Å². The van der Waals surface area contributed by atoms with Crippen molar-refractivity contribution in [3.63, 3.8) is 0 Å². The van der Waals surface area contributed by atoms with E-state index in [-0.39, 0.29) is 12.0 Å². The number of carboxylic acids is 1. The number of hydrogen-bond acceptors (Lipinski definition) is 6. The zero-order chi connectivity index (χ0) is 23.6. The fraction of sp³-hybridized carbons (Fsp3) is 0.435. The number of carbonyl (C=O) groups is 1. The number of aliphatic carboxylic acids is 1. The molecule has 1 saturated heterocycles. The fourth-order valence-electron chi connectivity index (χ4n) is 4.13. The maximum atomic E-state index is 12.8. The summed E-state index contributed by atoms with van der Waals surface area (Å²) in [6.45, 7) is 4.19. The molecule has 0 spiro atoms.